The van der Waals surface area contributed by atoms with Crippen LogP contribution in [0, 0.1) is 13.8 Å². The summed E-state index contributed by atoms with van der Waals surface area (Å²) in [5, 5.41) is 10.4. The molecule has 1 aromatic heterocycles. The third kappa shape index (κ3) is 2.32. The second-order valence-electron chi connectivity index (χ2n) is 2.74. The molecule has 0 aromatic carbocycles. The highest BCUT2D eigenvalue weighted by Gasteiger charge is 2.14. The summed E-state index contributed by atoms with van der Waals surface area (Å²) in [5.41, 5.74) is 0.616. The molecule has 0 saturated heterocycles. The largest absolute Gasteiger partial charge is 0.480 e. The number of aryl methyl sites for hydroxylation is 2. The van der Waals surface area contributed by atoms with E-state index in [1.165, 1.54) is 0 Å². The SMILES string of the molecule is Cc1nc(C(=O)NCC(=O)O)oc1C. The Kier molecular flexibility index (Phi) is 2.85. The van der Waals surface area contributed by atoms with Gasteiger partial charge in [-0.25, -0.2) is 4.98 Å². The summed E-state index contributed by atoms with van der Waals surface area (Å²) in [6.45, 7) is 2.93. The number of nitrogens with one attached hydrogen (secondary N) is 1. The molecule has 14 heavy (non-hydrogen) atoms. The molecule has 76 valence electrons. The fraction of sp³-hybridized carbons (Fsp3) is 0.375. The zero-order valence-corrected chi connectivity index (χ0v) is 7.83. The van der Waals surface area contributed by atoms with Crippen LogP contribution < -0.4 is 5.32 Å². The van der Waals surface area contributed by atoms with E-state index in [0.29, 0.717) is 11.5 Å². The first-order valence-electron chi connectivity index (χ1n) is 3.94. The summed E-state index contributed by atoms with van der Waals surface area (Å²) in [7, 11) is 0. The van der Waals surface area contributed by atoms with Gasteiger partial charge in [0.15, 0.2) is 0 Å². The quantitative estimate of drug-likeness (QED) is 0.718. The van der Waals surface area contributed by atoms with Crippen molar-refractivity contribution in [3.8, 4) is 0 Å². The fourth-order valence-electron chi connectivity index (χ4n) is 0.801. The van der Waals surface area contributed by atoms with Crippen molar-refractivity contribution in [2.75, 3.05) is 6.54 Å². The van der Waals surface area contributed by atoms with Crippen molar-refractivity contribution < 1.29 is 19.1 Å². The molecule has 0 aliphatic carbocycles. The van der Waals surface area contributed by atoms with Crippen LogP contribution in [0.3, 0.4) is 0 Å². The number of oxazole rings is 1. The smallest absolute Gasteiger partial charge is 0.322 e. The van der Waals surface area contributed by atoms with Gasteiger partial charge in [-0.2, -0.15) is 0 Å². The lowest BCUT2D eigenvalue weighted by Crippen LogP contribution is -2.29. The Morgan fingerprint density at radius 1 is 1.50 bits per heavy atom. The molecule has 6 nitrogen and oxygen atoms in total. The predicted octanol–water partition coefficient (Wildman–Crippen LogP) is 0.106. The van der Waals surface area contributed by atoms with Crippen molar-refractivity contribution in [3.63, 3.8) is 0 Å². The van der Waals surface area contributed by atoms with Crippen LogP contribution in [0.4, 0.5) is 0 Å². The first kappa shape index (κ1) is 10.2. The molecule has 0 spiro atoms. The standard InChI is InChI=1S/C8H10N2O4/c1-4-5(2)14-8(10-4)7(13)9-3-6(11)12/h3H2,1-2H3,(H,9,13)(H,11,12). The van der Waals surface area contributed by atoms with E-state index in [1.807, 2.05) is 0 Å². The van der Waals surface area contributed by atoms with E-state index in [9.17, 15) is 9.59 Å². The second-order valence-corrected chi connectivity index (χ2v) is 2.74. The van der Waals surface area contributed by atoms with E-state index in [2.05, 4.69) is 10.3 Å². The van der Waals surface area contributed by atoms with Crippen LogP contribution in [0.5, 0.6) is 0 Å². The lowest BCUT2D eigenvalue weighted by molar-refractivity contribution is -0.135. The molecule has 6 heteroatoms. The summed E-state index contributed by atoms with van der Waals surface area (Å²) < 4.78 is 4.99. The molecule has 0 fully saturated rings. The molecule has 2 N–H and O–H groups in total. The van der Waals surface area contributed by atoms with E-state index in [0.717, 1.165) is 0 Å². The predicted molar refractivity (Wildman–Crippen MR) is 45.9 cm³/mol. The first-order valence-corrected chi connectivity index (χ1v) is 3.94. The Morgan fingerprint density at radius 2 is 2.14 bits per heavy atom. The van der Waals surface area contributed by atoms with Crippen molar-refractivity contribution >= 4 is 11.9 Å². The molecule has 0 bridgehead atoms. The van der Waals surface area contributed by atoms with E-state index >= 15 is 0 Å². The minimum Gasteiger partial charge on any atom is -0.480 e. The summed E-state index contributed by atoms with van der Waals surface area (Å²) in [6.07, 6.45) is 0. The maximum Gasteiger partial charge on any atom is 0.322 e. The molecule has 0 atom stereocenters. The van der Waals surface area contributed by atoms with Gasteiger partial charge in [-0.05, 0) is 13.8 Å². The average molecular weight is 198 g/mol. The third-order valence-electron chi connectivity index (χ3n) is 1.62. The Hall–Kier alpha value is -1.85. The molecule has 1 amide bonds. The highest BCUT2D eigenvalue weighted by atomic mass is 16.4. The van der Waals surface area contributed by atoms with Crippen LogP contribution in [0.25, 0.3) is 0 Å². The number of hydrogen-bond acceptors (Lipinski definition) is 4. The van der Waals surface area contributed by atoms with Gasteiger partial charge in [0.2, 0.25) is 0 Å². The molecule has 0 unspecified atom stereocenters. The van der Waals surface area contributed by atoms with E-state index in [1.54, 1.807) is 13.8 Å². The Balaban J connectivity index is 2.65. The van der Waals surface area contributed by atoms with Gasteiger partial charge in [-0.3, -0.25) is 9.59 Å². The lowest BCUT2D eigenvalue weighted by atomic mass is 10.4. The molecular formula is C8H10N2O4. The van der Waals surface area contributed by atoms with Crippen LogP contribution in [0.1, 0.15) is 22.1 Å². The topological polar surface area (TPSA) is 92.4 Å². The molecule has 1 rings (SSSR count). The van der Waals surface area contributed by atoms with Gasteiger partial charge in [0.1, 0.15) is 12.3 Å². The number of nitrogens with zero attached hydrogens (tertiary/aromatic N) is 1. The zero-order chi connectivity index (χ0) is 10.7. The number of amides is 1. The van der Waals surface area contributed by atoms with Crippen LogP contribution in [-0.2, 0) is 4.79 Å². The van der Waals surface area contributed by atoms with Gasteiger partial charge >= 0.3 is 11.9 Å². The number of carbonyl (C=O) groups excluding carboxylic acids is 1. The molecular weight excluding hydrogens is 188 g/mol. The minimum absolute atomic E-state index is 0.110. The zero-order valence-electron chi connectivity index (χ0n) is 7.83. The Bertz CT molecular complexity index is 350. The molecule has 0 radical (unpaired) electrons. The maximum atomic E-state index is 11.2. The summed E-state index contributed by atoms with van der Waals surface area (Å²) in [4.78, 5) is 25.1. The van der Waals surface area contributed by atoms with Gasteiger partial charge < -0.3 is 14.8 Å². The van der Waals surface area contributed by atoms with Crippen molar-refractivity contribution in [1.82, 2.24) is 10.3 Å². The van der Waals surface area contributed by atoms with Crippen LogP contribution in [0.2, 0.25) is 0 Å². The summed E-state index contributed by atoms with van der Waals surface area (Å²) in [6, 6.07) is 0. The molecule has 0 aliphatic rings. The third-order valence-corrected chi connectivity index (χ3v) is 1.62. The highest BCUT2D eigenvalue weighted by molar-refractivity contribution is 5.91. The van der Waals surface area contributed by atoms with Crippen molar-refractivity contribution in [3.05, 3.63) is 17.3 Å². The van der Waals surface area contributed by atoms with E-state index in [4.69, 9.17) is 9.52 Å². The van der Waals surface area contributed by atoms with Crippen LogP contribution >= 0.6 is 0 Å². The first-order chi connectivity index (χ1) is 6.50. The highest BCUT2D eigenvalue weighted by Crippen LogP contribution is 2.07. The number of carbonyl (C=O) groups is 2. The number of carboxylic acids is 1. The maximum absolute atomic E-state index is 11.2. The van der Waals surface area contributed by atoms with Crippen molar-refractivity contribution in [2.45, 2.75) is 13.8 Å². The molecule has 0 aliphatic heterocycles. The van der Waals surface area contributed by atoms with Crippen LogP contribution in [0.15, 0.2) is 4.42 Å². The van der Waals surface area contributed by atoms with Crippen molar-refractivity contribution in [1.29, 1.82) is 0 Å². The number of hydrogen-bond donors (Lipinski definition) is 2. The minimum atomic E-state index is -1.11. The van der Waals surface area contributed by atoms with Crippen LogP contribution in [-0.4, -0.2) is 28.5 Å². The Labute approximate surface area is 79.9 Å². The van der Waals surface area contributed by atoms with Gasteiger partial charge in [0.05, 0.1) is 5.69 Å². The van der Waals surface area contributed by atoms with Gasteiger partial charge in [-0.15, -0.1) is 0 Å². The van der Waals surface area contributed by atoms with E-state index in [-0.39, 0.29) is 5.89 Å². The number of rotatable bonds is 3. The molecule has 0 saturated carbocycles. The van der Waals surface area contributed by atoms with Gasteiger partial charge in [-0.1, -0.05) is 0 Å². The fourth-order valence-corrected chi connectivity index (χ4v) is 0.801. The lowest BCUT2D eigenvalue weighted by Gasteiger charge is -1.96. The monoisotopic (exact) mass is 198 g/mol. The van der Waals surface area contributed by atoms with Crippen molar-refractivity contribution in [2.24, 2.45) is 0 Å². The van der Waals surface area contributed by atoms with E-state index < -0.39 is 18.4 Å². The number of aliphatic carboxylic acids is 1. The summed E-state index contributed by atoms with van der Waals surface area (Å²) in [5.74, 6) is -1.30. The normalized spacial score (nSPS) is 9.86. The number of carboxylic acid groups (broad SMARTS) is 1. The summed E-state index contributed by atoms with van der Waals surface area (Å²) >= 11 is 0. The Morgan fingerprint density at radius 3 is 2.57 bits per heavy atom. The van der Waals surface area contributed by atoms with Gasteiger partial charge in [0, 0.05) is 0 Å². The number of aromatic nitrogens is 1. The molecule has 1 heterocycles. The van der Waals surface area contributed by atoms with Gasteiger partial charge in [0.25, 0.3) is 5.89 Å². The second kappa shape index (κ2) is 3.91. The average Bonchev–Trinajstić information content (AvgIpc) is 2.43. The molecule has 1 aromatic rings.